The van der Waals surface area contributed by atoms with E-state index in [1.54, 1.807) is 0 Å². The van der Waals surface area contributed by atoms with Crippen molar-refractivity contribution in [2.75, 3.05) is 20.1 Å². The van der Waals surface area contributed by atoms with Gasteiger partial charge in [-0.2, -0.15) is 0 Å². The van der Waals surface area contributed by atoms with Gasteiger partial charge >= 0.3 is 7.48 Å². The lowest BCUT2D eigenvalue weighted by Crippen LogP contribution is -2.39. The number of hydrogen-bond donors (Lipinski definition) is 2. The molecule has 0 unspecified atom stereocenters. The van der Waals surface area contributed by atoms with E-state index in [0.29, 0.717) is 12.3 Å². The average Bonchev–Trinajstić information content (AvgIpc) is 2.70. The first-order valence-electron chi connectivity index (χ1n) is 9.69. The van der Waals surface area contributed by atoms with E-state index >= 15 is 0 Å². The van der Waals surface area contributed by atoms with E-state index in [1.807, 2.05) is 37.1 Å². The van der Waals surface area contributed by atoms with Crippen LogP contribution in [0.4, 0.5) is 0 Å². The Bertz CT molecular complexity index is 786. The number of carbonyl (C=O) groups excluding carboxylic acids is 1. The number of nitrogens with one attached hydrogen (secondary N) is 1. The number of aryl methyl sites for hydroxylation is 1. The lowest BCUT2D eigenvalue weighted by molar-refractivity contribution is -0.131. The summed E-state index contributed by atoms with van der Waals surface area (Å²) in [4.78, 5) is 14.7. The third-order valence-corrected chi connectivity index (χ3v) is 5.51. The molecule has 5 heteroatoms. The fraction of sp³-hybridized carbons (Fsp3) is 0.409. The van der Waals surface area contributed by atoms with Crippen molar-refractivity contribution in [3.63, 3.8) is 0 Å². The van der Waals surface area contributed by atoms with Gasteiger partial charge in [-0.25, -0.2) is 0 Å². The van der Waals surface area contributed by atoms with Gasteiger partial charge in [0.2, 0.25) is 5.91 Å². The minimum absolute atomic E-state index is 0.196. The van der Waals surface area contributed by atoms with Gasteiger partial charge in [0, 0.05) is 19.6 Å². The number of nitrogens with zero attached hydrogens (tertiary/aromatic N) is 1. The smallest absolute Gasteiger partial charge is 0.326 e. The lowest BCUT2D eigenvalue weighted by Gasteiger charge is -2.32. The highest BCUT2D eigenvalue weighted by Crippen LogP contribution is 2.29. The molecule has 1 aliphatic rings. The topological polar surface area (TPSA) is 52.6 Å². The van der Waals surface area contributed by atoms with Crippen LogP contribution in [0.3, 0.4) is 0 Å². The molecule has 3 rings (SSSR count). The first-order valence-corrected chi connectivity index (χ1v) is 9.69. The lowest BCUT2D eigenvalue weighted by atomic mass is 9.86. The van der Waals surface area contributed by atoms with Crippen molar-refractivity contribution in [1.29, 1.82) is 0 Å². The summed E-state index contributed by atoms with van der Waals surface area (Å²) in [7, 11) is 3.06. The van der Waals surface area contributed by atoms with Crippen molar-refractivity contribution in [3.05, 3.63) is 64.7 Å². The second-order valence-electron chi connectivity index (χ2n) is 7.42. The van der Waals surface area contributed by atoms with Crippen LogP contribution in [-0.2, 0) is 17.8 Å². The predicted molar refractivity (Wildman–Crippen MR) is 110 cm³/mol. The van der Waals surface area contributed by atoms with Gasteiger partial charge < -0.3 is 15.2 Å². The largest absolute Gasteiger partial charge is 0.450 e. The summed E-state index contributed by atoms with van der Waals surface area (Å²) in [6.45, 7) is 4.51. The minimum Gasteiger partial charge on any atom is -0.450 e. The van der Waals surface area contributed by atoms with Crippen molar-refractivity contribution in [2.45, 2.75) is 38.6 Å². The van der Waals surface area contributed by atoms with Crippen LogP contribution in [0.2, 0.25) is 0 Å². The van der Waals surface area contributed by atoms with Gasteiger partial charge in [-0.3, -0.25) is 4.79 Å². The second kappa shape index (κ2) is 9.20. The molecular weight excluding hydrogens is 335 g/mol. The van der Waals surface area contributed by atoms with Crippen LogP contribution in [0.5, 0.6) is 0 Å². The van der Waals surface area contributed by atoms with Crippen LogP contribution in [0, 0.1) is 6.92 Å². The number of amides is 1. The summed E-state index contributed by atoms with van der Waals surface area (Å²) >= 11 is 0. The van der Waals surface area contributed by atoms with Crippen molar-refractivity contribution in [3.8, 4) is 0 Å². The third kappa shape index (κ3) is 4.99. The van der Waals surface area contributed by atoms with Gasteiger partial charge in [0.25, 0.3) is 0 Å². The van der Waals surface area contributed by atoms with E-state index in [9.17, 15) is 4.79 Å². The number of rotatable bonds is 6. The maximum atomic E-state index is 12.7. The van der Waals surface area contributed by atoms with Gasteiger partial charge in [0.15, 0.2) is 0 Å². The SMILES string of the molecule is CNCc1cccc(C2CCN(C(=O)Cc3ccc([B]O)cc3C)CC2)c1. The Hall–Kier alpha value is -2.11. The highest BCUT2D eigenvalue weighted by molar-refractivity contribution is 6.45. The first kappa shape index (κ1) is 19.7. The fourth-order valence-electron chi connectivity index (χ4n) is 3.90. The van der Waals surface area contributed by atoms with Crippen molar-refractivity contribution >= 4 is 18.9 Å². The highest BCUT2D eigenvalue weighted by Gasteiger charge is 2.24. The molecular formula is C22H28BN2O2. The molecule has 1 heterocycles. The molecule has 0 aliphatic carbocycles. The molecule has 0 spiro atoms. The molecule has 2 aromatic rings. The van der Waals surface area contributed by atoms with Gasteiger partial charge in [-0.1, -0.05) is 47.9 Å². The minimum atomic E-state index is 0.196. The molecule has 4 nitrogen and oxygen atoms in total. The second-order valence-corrected chi connectivity index (χ2v) is 7.42. The fourth-order valence-corrected chi connectivity index (χ4v) is 3.90. The maximum absolute atomic E-state index is 12.7. The molecule has 0 aromatic heterocycles. The summed E-state index contributed by atoms with van der Waals surface area (Å²) in [6.07, 6.45) is 2.47. The maximum Gasteiger partial charge on any atom is 0.326 e. The Labute approximate surface area is 162 Å². The molecule has 1 fully saturated rings. The Morgan fingerprint density at radius 2 is 2.00 bits per heavy atom. The molecule has 0 bridgehead atoms. The Morgan fingerprint density at radius 3 is 2.67 bits per heavy atom. The van der Waals surface area contributed by atoms with Gasteiger partial charge in [0.1, 0.15) is 0 Å². The summed E-state index contributed by atoms with van der Waals surface area (Å²) in [6, 6.07) is 14.5. The number of piperidine rings is 1. The van der Waals surface area contributed by atoms with Crippen molar-refractivity contribution in [2.24, 2.45) is 0 Å². The van der Waals surface area contributed by atoms with Crippen molar-refractivity contribution in [1.82, 2.24) is 10.2 Å². The monoisotopic (exact) mass is 363 g/mol. The third-order valence-electron chi connectivity index (χ3n) is 5.51. The number of benzene rings is 2. The van der Waals surface area contributed by atoms with E-state index in [1.165, 1.54) is 11.1 Å². The Balaban J connectivity index is 1.57. The quantitative estimate of drug-likeness (QED) is 0.771. The van der Waals surface area contributed by atoms with E-state index in [4.69, 9.17) is 5.02 Å². The number of hydrogen-bond acceptors (Lipinski definition) is 3. The molecule has 0 atom stereocenters. The normalized spacial score (nSPS) is 15.0. The number of carbonyl (C=O) groups is 1. The molecule has 141 valence electrons. The Kier molecular flexibility index (Phi) is 6.70. The molecule has 1 aliphatic heterocycles. The Morgan fingerprint density at radius 1 is 1.22 bits per heavy atom. The zero-order valence-electron chi connectivity index (χ0n) is 16.2. The van der Waals surface area contributed by atoms with Crippen molar-refractivity contribution < 1.29 is 9.82 Å². The summed E-state index contributed by atoms with van der Waals surface area (Å²) in [5.41, 5.74) is 5.55. The van der Waals surface area contributed by atoms with Gasteiger partial charge in [-0.15, -0.1) is 0 Å². The molecule has 2 N–H and O–H groups in total. The van der Waals surface area contributed by atoms with Crippen LogP contribution in [-0.4, -0.2) is 43.5 Å². The van der Waals surface area contributed by atoms with Gasteiger partial charge in [0.05, 0.1) is 6.42 Å². The highest BCUT2D eigenvalue weighted by atomic mass is 16.2. The zero-order chi connectivity index (χ0) is 19.2. The van der Waals surface area contributed by atoms with E-state index < -0.39 is 0 Å². The van der Waals surface area contributed by atoms with Crippen LogP contribution < -0.4 is 10.8 Å². The number of likely N-dealkylation sites (tertiary alicyclic amines) is 1. The van der Waals surface area contributed by atoms with Crippen LogP contribution in [0.1, 0.15) is 41.0 Å². The summed E-state index contributed by atoms with van der Waals surface area (Å²) in [5, 5.41) is 12.3. The van der Waals surface area contributed by atoms with E-state index in [-0.39, 0.29) is 5.91 Å². The van der Waals surface area contributed by atoms with Crippen LogP contribution in [0.15, 0.2) is 42.5 Å². The molecule has 0 saturated carbocycles. The zero-order valence-corrected chi connectivity index (χ0v) is 16.2. The summed E-state index contributed by atoms with van der Waals surface area (Å²) < 4.78 is 0. The molecule has 1 saturated heterocycles. The first-order chi connectivity index (χ1) is 13.1. The van der Waals surface area contributed by atoms with E-state index in [2.05, 4.69) is 29.6 Å². The standard InChI is InChI=1S/C22H28BN2O2/c1-16-12-21(23-27)7-6-19(16)14-22(26)25-10-8-18(9-11-25)20-5-3-4-17(13-20)15-24-2/h3-7,12-13,18,24,27H,8-11,14-15H2,1-2H3. The van der Waals surface area contributed by atoms with Crippen LogP contribution in [0.25, 0.3) is 0 Å². The van der Waals surface area contributed by atoms with Crippen LogP contribution >= 0.6 is 0 Å². The molecule has 1 amide bonds. The van der Waals surface area contributed by atoms with E-state index in [0.717, 1.165) is 56.5 Å². The molecule has 2 aromatic carbocycles. The summed E-state index contributed by atoms with van der Waals surface area (Å²) in [5.74, 6) is 0.730. The molecule has 1 radical (unpaired) electrons. The predicted octanol–water partition coefficient (Wildman–Crippen LogP) is 1.90. The van der Waals surface area contributed by atoms with Gasteiger partial charge in [-0.05, 0) is 55.0 Å². The molecule has 27 heavy (non-hydrogen) atoms. The average molecular weight is 363 g/mol.